The summed E-state index contributed by atoms with van der Waals surface area (Å²) in [5.74, 6) is 0.199. The molecule has 0 aliphatic carbocycles. The molecule has 0 saturated heterocycles. The summed E-state index contributed by atoms with van der Waals surface area (Å²) in [7, 11) is 1.46. The van der Waals surface area contributed by atoms with Crippen molar-refractivity contribution in [1.29, 1.82) is 0 Å². The van der Waals surface area contributed by atoms with Crippen LogP contribution in [-0.4, -0.2) is 32.1 Å². The first-order chi connectivity index (χ1) is 12.0. The first kappa shape index (κ1) is 18.4. The van der Waals surface area contributed by atoms with Crippen molar-refractivity contribution in [3.8, 4) is 17.2 Å². The van der Waals surface area contributed by atoms with E-state index in [0.717, 1.165) is 0 Å². The van der Waals surface area contributed by atoms with Crippen LogP contribution in [0.5, 0.6) is 17.2 Å². The summed E-state index contributed by atoms with van der Waals surface area (Å²) in [4.78, 5) is 22.8. The van der Waals surface area contributed by atoms with Crippen molar-refractivity contribution in [3.63, 3.8) is 0 Å². The molecule has 7 nitrogen and oxygen atoms in total. The number of primary amides is 1. The SMILES string of the molecule is COc1ccc(NC(=O)COc2cccc(Cl)c2)cc1OCC(N)=O. The van der Waals surface area contributed by atoms with Gasteiger partial charge in [0.2, 0.25) is 0 Å². The van der Waals surface area contributed by atoms with E-state index < -0.39 is 5.91 Å². The molecule has 0 aliphatic rings. The number of amides is 2. The maximum atomic E-state index is 12.0. The van der Waals surface area contributed by atoms with E-state index in [1.165, 1.54) is 13.2 Å². The Morgan fingerprint density at radius 2 is 1.88 bits per heavy atom. The third kappa shape index (κ3) is 5.89. The summed E-state index contributed by atoms with van der Waals surface area (Å²) in [6.45, 7) is -0.491. The number of carbonyl (C=O) groups excluding carboxylic acids is 2. The van der Waals surface area contributed by atoms with Crippen molar-refractivity contribution < 1.29 is 23.8 Å². The molecule has 0 bridgehead atoms. The fourth-order valence-corrected chi connectivity index (χ4v) is 2.10. The van der Waals surface area contributed by atoms with Crippen molar-refractivity contribution in [2.45, 2.75) is 0 Å². The minimum atomic E-state index is -0.619. The summed E-state index contributed by atoms with van der Waals surface area (Å²) >= 11 is 5.85. The maximum Gasteiger partial charge on any atom is 0.262 e. The summed E-state index contributed by atoms with van der Waals surface area (Å²) in [6.07, 6.45) is 0. The molecular weight excluding hydrogens is 348 g/mol. The van der Waals surface area contributed by atoms with Gasteiger partial charge in [0, 0.05) is 16.8 Å². The highest BCUT2D eigenvalue weighted by Crippen LogP contribution is 2.30. The molecule has 8 heteroatoms. The van der Waals surface area contributed by atoms with Gasteiger partial charge < -0.3 is 25.3 Å². The minimum absolute atomic E-state index is 0.191. The minimum Gasteiger partial charge on any atom is -0.493 e. The molecule has 2 aromatic carbocycles. The Morgan fingerprint density at radius 1 is 1.08 bits per heavy atom. The number of rotatable bonds is 8. The van der Waals surface area contributed by atoms with E-state index in [1.807, 2.05) is 0 Å². The first-order valence-electron chi connectivity index (χ1n) is 7.25. The van der Waals surface area contributed by atoms with Gasteiger partial charge in [0.05, 0.1) is 7.11 Å². The zero-order valence-corrected chi connectivity index (χ0v) is 14.2. The second kappa shape index (κ2) is 8.79. The van der Waals surface area contributed by atoms with Gasteiger partial charge in [-0.05, 0) is 30.3 Å². The van der Waals surface area contributed by atoms with Gasteiger partial charge in [-0.2, -0.15) is 0 Å². The van der Waals surface area contributed by atoms with Crippen LogP contribution in [0.4, 0.5) is 5.69 Å². The summed E-state index contributed by atoms with van der Waals surface area (Å²) < 4.78 is 15.7. The molecule has 0 unspecified atom stereocenters. The lowest BCUT2D eigenvalue weighted by atomic mass is 10.2. The van der Waals surface area contributed by atoms with Crippen LogP contribution >= 0.6 is 11.6 Å². The average Bonchev–Trinajstić information content (AvgIpc) is 2.58. The molecule has 2 aromatic rings. The standard InChI is InChI=1S/C17H17ClN2O5/c1-23-14-6-5-12(8-15(14)25-9-16(19)21)20-17(22)10-24-13-4-2-3-11(18)7-13/h2-8H,9-10H2,1H3,(H2,19,21)(H,20,22). The van der Waals surface area contributed by atoms with Crippen LogP contribution in [0.1, 0.15) is 0 Å². The van der Waals surface area contributed by atoms with E-state index in [4.69, 9.17) is 31.5 Å². The second-order valence-electron chi connectivity index (χ2n) is 4.91. The highest BCUT2D eigenvalue weighted by Gasteiger charge is 2.10. The number of benzene rings is 2. The van der Waals surface area contributed by atoms with Crippen molar-refractivity contribution >= 4 is 29.1 Å². The molecule has 0 radical (unpaired) electrons. The molecule has 2 amide bonds. The Bertz CT molecular complexity index is 766. The van der Waals surface area contributed by atoms with Gasteiger partial charge in [-0.25, -0.2) is 0 Å². The summed E-state index contributed by atoms with van der Waals surface area (Å²) in [5, 5.41) is 3.18. The van der Waals surface area contributed by atoms with Gasteiger partial charge in [-0.1, -0.05) is 17.7 Å². The van der Waals surface area contributed by atoms with Gasteiger partial charge >= 0.3 is 0 Å². The number of nitrogens with one attached hydrogen (secondary N) is 1. The summed E-state index contributed by atoms with van der Waals surface area (Å²) in [5.41, 5.74) is 5.51. The molecule has 0 aromatic heterocycles. The monoisotopic (exact) mass is 364 g/mol. The van der Waals surface area contributed by atoms with Crippen LogP contribution < -0.4 is 25.3 Å². The number of methoxy groups -OCH3 is 1. The molecule has 2 rings (SSSR count). The number of ether oxygens (including phenoxy) is 3. The number of hydrogen-bond acceptors (Lipinski definition) is 5. The van der Waals surface area contributed by atoms with E-state index >= 15 is 0 Å². The van der Waals surface area contributed by atoms with Crippen LogP contribution in [0.3, 0.4) is 0 Å². The quantitative estimate of drug-likeness (QED) is 0.748. The molecule has 0 heterocycles. The number of anilines is 1. The van der Waals surface area contributed by atoms with Gasteiger partial charge in [0.1, 0.15) is 5.75 Å². The van der Waals surface area contributed by atoms with Crippen LogP contribution in [0, 0.1) is 0 Å². The Balaban J connectivity index is 1.97. The first-order valence-corrected chi connectivity index (χ1v) is 7.63. The van der Waals surface area contributed by atoms with E-state index in [2.05, 4.69) is 5.32 Å². The Hall–Kier alpha value is -2.93. The lowest BCUT2D eigenvalue weighted by Crippen LogP contribution is -2.21. The Kier molecular flexibility index (Phi) is 6.47. The fourth-order valence-electron chi connectivity index (χ4n) is 1.92. The van der Waals surface area contributed by atoms with E-state index in [0.29, 0.717) is 22.2 Å². The maximum absolute atomic E-state index is 12.0. The topological polar surface area (TPSA) is 99.9 Å². The van der Waals surface area contributed by atoms with Crippen molar-refractivity contribution in [2.24, 2.45) is 5.73 Å². The second-order valence-corrected chi connectivity index (χ2v) is 5.35. The lowest BCUT2D eigenvalue weighted by Gasteiger charge is -2.12. The smallest absolute Gasteiger partial charge is 0.262 e. The fraction of sp³-hybridized carbons (Fsp3) is 0.176. The highest BCUT2D eigenvalue weighted by atomic mass is 35.5. The normalized spacial score (nSPS) is 10.0. The third-order valence-corrected chi connectivity index (χ3v) is 3.22. The van der Waals surface area contributed by atoms with Crippen molar-refractivity contribution in [1.82, 2.24) is 0 Å². The average molecular weight is 365 g/mol. The van der Waals surface area contributed by atoms with Crippen LogP contribution in [-0.2, 0) is 9.59 Å². The van der Waals surface area contributed by atoms with Crippen LogP contribution in [0.2, 0.25) is 5.02 Å². The molecule has 0 spiro atoms. The molecule has 0 atom stereocenters. The molecular formula is C17H17ClN2O5. The summed E-state index contributed by atoms with van der Waals surface area (Å²) in [6, 6.07) is 11.5. The highest BCUT2D eigenvalue weighted by molar-refractivity contribution is 6.30. The van der Waals surface area contributed by atoms with Gasteiger partial charge in [-0.3, -0.25) is 9.59 Å². The number of nitrogens with two attached hydrogens (primary N) is 1. The largest absolute Gasteiger partial charge is 0.493 e. The molecule has 0 aliphatic heterocycles. The van der Waals surface area contributed by atoms with Gasteiger partial charge in [0.15, 0.2) is 24.7 Å². The van der Waals surface area contributed by atoms with Crippen molar-refractivity contribution in [3.05, 3.63) is 47.5 Å². The van der Waals surface area contributed by atoms with E-state index in [9.17, 15) is 9.59 Å². The van der Waals surface area contributed by atoms with E-state index in [-0.39, 0.29) is 24.9 Å². The van der Waals surface area contributed by atoms with Crippen molar-refractivity contribution in [2.75, 3.05) is 25.6 Å². The van der Waals surface area contributed by atoms with Crippen LogP contribution in [0.25, 0.3) is 0 Å². The number of hydrogen-bond donors (Lipinski definition) is 2. The lowest BCUT2D eigenvalue weighted by molar-refractivity contribution is -0.120. The van der Waals surface area contributed by atoms with Crippen LogP contribution in [0.15, 0.2) is 42.5 Å². The molecule has 0 fully saturated rings. The zero-order valence-electron chi connectivity index (χ0n) is 13.5. The molecule has 0 saturated carbocycles. The molecule has 132 valence electrons. The Morgan fingerprint density at radius 3 is 2.56 bits per heavy atom. The van der Waals surface area contributed by atoms with Gasteiger partial charge in [-0.15, -0.1) is 0 Å². The predicted octanol–water partition coefficient (Wildman–Crippen LogP) is 2.23. The Labute approximate surface area is 149 Å². The van der Waals surface area contributed by atoms with Gasteiger partial charge in [0.25, 0.3) is 11.8 Å². The molecule has 3 N–H and O–H groups in total. The number of carbonyl (C=O) groups is 2. The predicted molar refractivity (Wildman–Crippen MR) is 93.3 cm³/mol. The molecule has 25 heavy (non-hydrogen) atoms. The third-order valence-electron chi connectivity index (χ3n) is 2.98. The zero-order chi connectivity index (χ0) is 18.2. The number of halogens is 1. The van der Waals surface area contributed by atoms with E-state index in [1.54, 1.807) is 36.4 Å².